The highest BCUT2D eigenvalue weighted by molar-refractivity contribution is 6.03. The third-order valence-corrected chi connectivity index (χ3v) is 6.04. The Labute approximate surface area is 181 Å². The summed E-state index contributed by atoms with van der Waals surface area (Å²) in [5, 5.41) is 2.95. The number of benzene rings is 2. The minimum absolute atomic E-state index is 0.0739. The minimum Gasteiger partial charge on any atom is -0.490 e. The fraction of sp³-hybridized carbons (Fsp3) is 0.417. The third kappa shape index (κ3) is 4.31. The van der Waals surface area contributed by atoms with Crippen molar-refractivity contribution in [3.05, 3.63) is 42.5 Å². The van der Waals surface area contributed by atoms with Gasteiger partial charge in [0.1, 0.15) is 19.0 Å². The van der Waals surface area contributed by atoms with Gasteiger partial charge >= 0.3 is 0 Å². The highest BCUT2D eigenvalue weighted by Gasteiger charge is 2.35. The van der Waals surface area contributed by atoms with Crippen molar-refractivity contribution in [2.45, 2.75) is 38.2 Å². The molecule has 1 N–H and O–H groups in total. The predicted molar refractivity (Wildman–Crippen MR) is 116 cm³/mol. The van der Waals surface area contributed by atoms with Crippen LogP contribution in [0, 0.1) is 5.92 Å². The summed E-state index contributed by atoms with van der Waals surface area (Å²) in [6.45, 7) is 1.34. The smallest absolute Gasteiger partial charge is 0.229 e. The predicted octanol–water partition coefficient (Wildman–Crippen LogP) is 3.77. The first-order valence-electron chi connectivity index (χ1n) is 10.9. The van der Waals surface area contributed by atoms with Crippen LogP contribution in [0.25, 0.3) is 0 Å². The second-order valence-corrected chi connectivity index (χ2v) is 8.27. The topological polar surface area (TPSA) is 77.1 Å². The van der Waals surface area contributed by atoms with Gasteiger partial charge in [0.15, 0.2) is 11.5 Å². The molecule has 7 heteroatoms. The van der Waals surface area contributed by atoms with E-state index in [4.69, 9.17) is 14.2 Å². The van der Waals surface area contributed by atoms with Crippen LogP contribution in [0.5, 0.6) is 17.2 Å². The lowest BCUT2D eigenvalue weighted by atomic mass is 10.1. The molecule has 2 aliphatic heterocycles. The molecule has 5 rings (SSSR count). The Bertz CT molecular complexity index is 986. The van der Waals surface area contributed by atoms with Crippen LogP contribution in [-0.2, 0) is 9.59 Å². The lowest BCUT2D eigenvalue weighted by Gasteiger charge is -2.22. The van der Waals surface area contributed by atoms with Crippen LogP contribution >= 0.6 is 0 Å². The zero-order valence-corrected chi connectivity index (χ0v) is 17.3. The Morgan fingerprint density at radius 3 is 2.68 bits per heavy atom. The van der Waals surface area contributed by atoms with Gasteiger partial charge < -0.3 is 24.4 Å². The van der Waals surface area contributed by atoms with Crippen molar-refractivity contribution < 1.29 is 23.8 Å². The van der Waals surface area contributed by atoms with Gasteiger partial charge in [-0.3, -0.25) is 9.59 Å². The molecule has 1 saturated carbocycles. The maximum Gasteiger partial charge on any atom is 0.229 e. The summed E-state index contributed by atoms with van der Waals surface area (Å²) in [6.07, 6.45) is 5.01. The van der Waals surface area contributed by atoms with Gasteiger partial charge in [-0.1, -0.05) is 6.07 Å². The van der Waals surface area contributed by atoms with Crippen molar-refractivity contribution >= 4 is 23.2 Å². The summed E-state index contributed by atoms with van der Waals surface area (Å²) in [5.41, 5.74) is 1.40. The van der Waals surface area contributed by atoms with E-state index in [-0.39, 0.29) is 24.3 Å². The molecular formula is C24H26N2O5. The Morgan fingerprint density at radius 2 is 1.84 bits per heavy atom. The largest absolute Gasteiger partial charge is 0.490 e. The number of nitrogens with zero attached hydrogens (tertiary/aromatic N) is 1. The van der Waals surface area contributed by atoms with Gasteiger partial charge in [-0.25, -0.2) is 0 Å². The Balaban J connectivity index is 1.23. The van der Waals surface area contributed by atoms with Crippen molar-refractivity contribution in [1.82, 2.24) is 0 Å². The van der Waals surface area contributed by atoms with Crippen molar-refractivity contribution in [3.63, 3.8) is 0 Å². The van der Waals surface area contributed by atoms with Crippen LogP contribution in [0.2, 0.25) is 0 Å². The van der Waals surface area contributed by atoms with E-state index in [0.29, 0.717) is 36.9 Å². The number of hydrogen-bond acceptors (Lipinski definition) is 5. The molecule has 2 aromatic carbocycles. The van der Waals surface area contributed by atoms with Crippen LogP contribution in [0.15, 0.2) is 42.5 Å². The lowest BCUT2D eigenvalue weighted by molar-refractivity contribution is -0.122. The molecule has 3 aliphatic rings. The highest BCUT2D eigenvalue weighted by Crippen LogP contribution is 2.36. The number of rotatable bonds is 5. The summed E-state index contributed by atoms with van der Waals surface area (Å²) < 4.78 is 17.2. The fourth-order valence-electron chi connectivity index (χ4n) is 4.42. The summed E-state index contributed by atoms with van der Waals surface area (Å²) in [6, 6.07) is 12.9. The van der Waals surface area contributed by atoms with Crippen LogP contribution in [0.4, 0.5) is 11.4 Å². The van der Waals surface area contributed by atoms with E-state index >= 15 is 0 Å². The second-order valence-electron chi connectivity index (χ2n) is 8.27. The lowest BCUT2D eigenvalue weighted by Crippen LogP contribution is -2.28. The van der Waals surface area contributed by atoms with E-state index in [2.05, 4.69) is 5.32 Å². The molecule has 162 valence electrons. The molecule has 1 atom stereocenters. The Kier molecular flexibility index (Phi) is 5.40. The Morgan fingerprint density at radius 1 is 1.03 bits per heavy atom. The number of nitrogens with one attached hydrogen (secondary N) is 1. The van der Waals surface area contributed by atoms with Crippen molar-refractivity contribution in [2.24, 2.45) is 5.92 Å². The maximum absolute atomic E-state index is 12.9. The molecular weight excluding hydrogens is 396 g/mol. The molecule has 0 aromatic heterocycles. The van der Waals surface area contributed by atoms with Gasteiger partial charge in [0.25, 0.3) is 0 Å². The second kappa shape index (κ2) is 8.49. The monoisotopic (exact) mass is 422 g/mol. The molecule has 1 unspecified atom stereocenters. The number of carbonyl (C=O) groups is 2. The molecule has 2 heterocycles. The minimum atomic E-state index is -0.417. The maximum atomic E-state index is 12.9. The van der Waals surface area contributed by atoms with E-state index in [9.17, 15) is 9.59 Å². The highest BCUT2D eigenvalue weighted by atomic mass is 16.6. The summed E-state index contributed by atoms with van der Waals surface area (Å²) in [4.78, 5) is 27.1. The summed E-state index contributed by atoms with van der Waals surface area (Å²) in [7, 11) is 0. The fourth-order valence-corrected chi connectivity index (χ4v) is 4.42. The molecule has 0 bridgehead atoms. The van der Waals surface area contributed by atoms with Gasteiger partial charge in [0.05, 0.1) is 12.0 Å². The number of fused-ring (bicyclic) bond motifs is 1. The van der Waals surface area contributed by atoms with Crippen molar-refractivity contribution in [1.29, 1.82) is 0 Å². The average Bonchev–Trinajstić information content (AvgIpc) is 3.43. The first-order chi connectivity index (χ1) is 15.2. The number of anilines is 2. The normalized spacial score (nSPS) is 20.7. The SMILES string of the molecule is O=C(Nc1cccc(OC2CCCC2)c1)C1CC(=O)N(c2ccc3c(c2)OCCO3)C1. The molecule has 1 saturated heterocycles. The summed E-state index contributed by atoms with van der Waals surface area (Å²) in [5.74, 6) is 1.42. The first kappa shape index (κ1) is 19.7. The van der Waals surface area contributed by atoms with E-state index in [1.807, 2.05) is 30.3 Å². The van der Waals surface area contributed by atoms with Crippen LogP contribution in [0.3, 0.4) is 0 Å². The average molecular weight is 422 g/mol. The zero-order valence-electron chi connectivity index (χ0n) is 17.3. The van der Waals surface area contributed by atoms with Crippen molar-refractivity contribution in [3.8, 4) is 17.2 Å². The molecule has 0 radical (unpaired) electrons. The molecule has 2 aromatic rings. The molecule has 0 spiro atoms. The van der Waals surface area contributed by atoms with Gasteiger partial charge in [-0.15, -0.1) is 0 Å². The standard InChI is InChI=1S/C24H26N2O5/c27-23-12-16(15-26(23)18-8-9-21-22(14-18)30-11-10-29-21)24(28)25-17-4-3-7-20(13-17)31-19-5-1-2-6-19/h3-4,7-9,13-14,16,19H,1-2,5-6,10-12,15H2,(H,25,28). The quantitative estimate of drug-likeness (QED) is 0.794. The van der Waals surface area contributed by atoms with Gasteiger partial charge in [0, 0.05) is 36.5 Å². The van der Waals surface area contributed by atoms with E-state index in [1.54, 1.807) is 17.0 Å². The molecule has 1 aliphatic carbocycles. The Hall–Kier alpha value is -3.22. The van der Waals surface area contributed by atoms with E-state index in [1.165, 1.54) is 12.8 Å². The molecule has 2 fully saturated rings. The zero-order chi connectivity index (χ0) is 21.2. The van der Waals surface area contributed by atoms with E-state index < -0.39 is 5.92 Å². The van der Waals surface area contributed by atoms with Gasteiger partial charge in [-0.05, 0) is 49.9 Å². The van der Waals surface area contributed by atoms with Crippen LogP contribution < -0.4 is 24.4 Å². The number of amides is 2. The first-order valence-corrected chi connectivity index (χ1v) is 10.9. The summed E-state index contributed by atoms with van der Waals surface area (Å²) >= 11 is 0. The molecule has 2 amide bonds. The number of carbonyl (C=O) groups excluding carboxylic acids is 2. The molecule has 31 heavy (non-hydrogen) atoms. The third-order valence-electron chi connectivity index (χ3n) is 6.04. The van der Waals surface area contributed by atoms with Crippen LogP contribution in [0.1, 0.15) is 32.1 Å². The number of ether oxygens (including phenoxy) is 3. The number of hydrogen-bond donors (Lipinski definition) is 1. The van der Waals surface area contributed by atoms with E-state index in [0.717, 1.165) is 24.3 Å². The van der Waals surface area contributed by atoms with Gasteiger partial charge in [-0.2, -0.15) is 0 Å². The molecule has 7 nitrogen and oxygen atoms in total. The van der Waals surface area contributed by atoms with Crippen LogP contribution in [-0.4, -0.2) is 37.7 Å². The van der Waals surface area contributed by atoms with Crippen molar-refractivity contribution in [2.75, 3.05) is 30.0 Å². The van der Waals surface area contributed by atoms with Gasteiger partial charge in [0.2, 0.25) is 11.8 Å².